The highest BCUT2D eigenvalue weighted by Crippen LogP contribution is 2.35. The van der Waals surface area contributed by atoms with Gasteiger partial charge >= 0.3 is 0 Å². The molecule has 0 aliphatic carbocycles. The number of ketones is 1. The fourth-order valence-corrected chi connectivity index (χ4v) is 5.95. The fourth-order valence-electron chi connectivity index (χ4n) is 3.00. The Hall–Kier alpha value is -1.82. The normalized spacial score (nSPS) is 14.7. The van der Waals surface area contributed by atoms with Crippen LogP contribution in [-0.2, 0) is 10.0 Å². The van der Waals surface area contributed by atoms with Crippen molar-refractivity contribution in [1.29, 1.82) is 0 Å². The fraction of sp³-hybridized carbons (Fsp3) is 0.278. The second-order valence-electron chi connectivity index (χ2n) is 6.45. The molecule has 0 saturated carbocycles. The number of carbonyl (C=O) groups excluding carboxylic acids is 1. The summed E-state index contributed by atoms with van der Waals surface area (Å²) in [5, 5.41) is 13.8. The standard InChI is InChI=1S/C18H17Br2N3O5S/c19-15-9-13(23(25)26)10-16(20)18(15)21-11-17(24)12-3-5-14(6-4-12)29(27,28)22-7-1-2-8-22/h3-6,9-10,21H,1-2,7-8,11H2. The predicted octanol–water partition coefficient (Wildman–Crippen LogP) is 4.20. The molecule has 0 atom stereocenters. The molecule has 1 N–H and O–H groups in total. The molecule has 29 heavy (non-hydrogen) atoms. The molecule has 0 amide bonds. The smallest absolute Gasteiger partial charge is 0.271 e. The number of halogens is 2. The van der Waals surface area contributed by atoms with Crippen LogP contribution < -0.4 is 5.32 Å². The van der Waals surface area contributed by atoms with Crippen LogP contribution in [0.4, 0.5) is 11.4 Å². The van der Waals surface area contributed by atoms with Gasteiger partial charge in [-0.3, -0.25) is 14.9 Å². The second-order valence-corrected chi connectivity index (χ2v) is 10.1. The Morgan fingerprint density at radius 3 is 2.17 bits per heavy atom. The minimum absolute atomic E-state index is 0.0623. The average molecular weight is 547 g/mol. The van der Waals surface area contributed by atoms with E-state index in [4.69, 9.17) is 0 Å². The number of non-ortho nitro benzene ring substituents is 1. The first-order valence-corrected chi connectivity index (χ1v) is 11.7. The van der Waals surface area contributed by atoms with Gasteiger partial charge < -0.3 is 5.32 Å². The summed E-state index contributed by atoms with van der Waals surface area (Å²) in [5.41, 5.74) is 0.791. The van der Waals surface area contributed by atoms with Gasteiger partial charge in [0, 0.05) is 39.7 Å². The lowest BCUT2D eigenvalue weighted by Crippen LogP contribution is -2.27. The Balaban J connectivity index is 1.70. The molecule has 1 saturated heterocycles. The molecular weight excluding hydrogens is 530 g/mol. The molecule has 1 aliphatic rings. The summed E-state index contributed by atoms with van der Waals surface area (Å²) in [5.74, 6) is -0.243. The highest BCUT2D eigenvalue weighted by atomic mass is 79.9. The lowest BCUT2D eigenvalue weighted by atomic mass is 10.1. The highest BCUT2D eigenvalue weighted by molar-refractivity contribution is 9.11. The number of hydrogen-bond donors (Lipinski definition) is 1. The predicted molar refractivity (Wildman–Crippen MR) is 116 cm³/mol. The lowest BCUT2D eigenvalue weighted by molar-refractivity contribution is -0.385. The van der Waals surface area contributed by atoms with Crippen LogP contribution in [-0.4, -0.2) is 43.1 Å². The molecule has 1 heterocycles. The van der Waals surface area contributed by atoms with E-state index in [0.717, 1.165) is 12.8 Å². The van der Waals surface area contributed by atoms with Crippen molar-refractivity contribution in [2.45, 2.75) is 17.7 Å². The van der Waals surface area contributed by atoms with Gasteiger partial charge in [-0.25, -0.2) is 8.42 Å². The van der Waals surface area contributed by atoms with Crippen molar-refractivity contribution in [3.63, 3.8) is 0 Å². The Morgan fingerprint density at radius 1 is 1.10 bits per heavy atom. The molecule has 11 heteroatoms. The molecule has 0 bridgehead atoms. The third-order valence-corrected chi connectivity index (χ3v) is 7.71. The zero-order chi connectivity index (χ0) is 21.2. The molecule has 0 spiro atoms. The van der Waals surface area contributed by atoms with E-state index >= 15 is 0 Å². The number of benzene rings is 2. The van der Waals surface area contributed by atoms with Crippen LogP contribution in [0.3, 0.4) is 0 Å². The summed E-state index contributed by atoms with van der Waals surface area (Å²) in [6.45, 7) is 0.977. The SMILES string of the molecule is O=C(CNc1c(Br)cc([N+](=O)[O-])cc1Br)c1ccc(S(=O)(=O)N2CCCC2)cc1. The van der Waals surface area contributed by atoms with Crippen LogP contribution in [0.5, 0.6) is 0 Å². The summed E-state index contributed by atoms with van der Waals surface area (Å²) >= 11 is 6.51. The zero-order valence-corrected chi connectivity index (χ0v) is 19.1. The number of nitrogens with one attached hydrogen (secondary N) is 1. The van der Waals surface area contributed by atoms with Gasteiger partial charge in [0.15, 0.2) is 5.78 Å². The van der Waals surface area contributed by atoms with E-state index in [1.807, 2.05) is 0 Å². The van der Waals surface area contributed by atoms with Crippen LogP contribution in [0.1, 0.15) is 23.2 Å². The third-order valence-electron chi connectivity index (χ3n) is 4.54. The number of anilines is 1. The van der Waals surface area contributed by atoms with Gasteiger partial charge in [0.05, 0.1) is 22.1 Å². The first-order valence-electron chi connectivity index (χ1n) is 8.71. The largest absolute Gasteiger partial charge is 0.376 e. The summed E-state index contributed by atoms with van der Waals surface area (Å²) in [6, 6.07) is 8.56. The Bertz CT molecular complexity index is 1030. The van der Waals surface area contributed by atoms with Gasteiger partial charge in [0.2, 0.25) is 10.0 Å². The van der Waals surface area contributed by atoms with Gasteiger partial charge in [0.25, 0.3) is 5.69 Å². The number of nitro benzene ring substituents is 1. The van der Waals surface area contributed by atoms with Gasteiger partial charge in [0.1, 0.15) is 0 Å². The first kappa shape index (κ1) is 21.9. The summed E-state index contributed by atoms with van der Waals surface area (Å²) < 4.78 is 27.4. The Kier molecular flexibility index (Phi) is 6.72. The maximum Gasteiger partial charge on any atom is 0.271 e. The van der Waals surface area contributed by atoms with Crippen molar-refractivity contribution in [2.24, 2.45) is 0 Å². The molecule has 2 aromatic carbocycles. The number of sulfonamides is 1. The van der Waals surface area contributed by atoms with Crippen molar-refractivity contribution >= 4 is 59.0 Å². The minimum atomic E-state index is -3.52. The first-order chi connectivity index (χ1) is 13.7. The van der Waals surface area contributed by atoms with Gasteiger partial charge in [-0.1, -0.05) is 0 Å². The van der Waals surface area contributed by atoms with E-state index in [1.165, 1.54) is 40.7 Å². The molecular formula is C18H17Br2N3O5S. The van der Waals surface area contributed by atoms with Crippen molar-refractivity contribution in [3.05, 3.63) is 61.0 Å². The van der Waals surface area contributed by atoms with Crippen molar-refractivity contribution in [1.82, 2.24) is 4.31 Å². The summed E-state index contributed by atoms with van der Waals surface area (Å²) in [7, 11) is -3.52. The molecule has 0 radical (unpaired) electrons. The van der Waals surface area contributed by atoms with Gasteiger partial charge in [-0.2, -0.15) is 4.31 Å². The van der Waals surface area contributed by atoms with E-state index in [2.05, 4.69) is 37.2 Å². The molecule has 1 aliphatic heterocycles. The van der Waals surface area contributed by atoms with E-state index in [9.17, 15) is 23.3 Å². The molecule has 154 valence electrons. The van der Waals surface area contributed by atoms with Crippen molar-refractivity contribution < 1.29 is 18.1 Å². The van der Waals surface area contributed by atoms with E-state index in [1.54, 1.807) is 0 Å². The maximum atomic E-state index is 12.5. The van der Waals surface area contributed by atoms with Gasteiger partial charge in [-0.05, 0) is 69.0 Å². The molecule has 0 unspecified atom stereocenters. The number of rotatable bonds is 7. The summed E-state index contributed by atoms with van der Waals surface area (Å²) in [6.07, 6.45) is 1.71. The summed E-state index contributed by atoms with van der Waals surface area (Å²) in [4.78, 5) is 23.0. The minimum Gasteiger partial charge on any atom is -0.376 e. The second kappa shape index (κ2) is 8.90. The molecule has 2 aromatic rings. The monoisotopic (exact) mass is 545 g/mol. The van der Waals surface area contributed by atoms with Crippen LogP contribution in [0.15, 0.2) is 50.2 Å². The van der Waals surface area contributed by atoms with E-state index in [-0.39, 0.29) is 22.9 Å². The quantitative estimate of drug-likeness (QED) is 0.316. The molecule has 3 rings (SSSR count). The topological polar surface area (TPSA) is 110 Å². The van der Waals surface area contributed by atoms with Crippen LogP contribution in [0.25, 0.3) is 0 Å². The Labute approximate surface area is 184 Å². The highest BCUT2D eigenvalue weighted by Gasteiger charge is 2.27. The Morgan fingerprint density at radius 2 is 1.66 bits per heavy atom. The van der Waals surface area contributed by atoms with Crippen molar-refractivity contribution in [2.75, 3.05) is 25.0 Å². The maximum absolute atomic E-state index is 12.5. The van der Waals surface area contributed by atoms with Gasteiger partial charge in [-0.15, -0.1) is 0 Å². The van der Waals surface area contributed by atoms with Crippen LogP contribution in [0, 0.1) is 10.1 Å². The average Bonchev–Trinajstić information content (AvgIpc) is 3.22. The van der Waals surface area contributed by atoms with Crippen LogP contribution >= 0.6 is 31.9 Å². The molecule has 1 fully saturated rings. The van der Waals surface area contributed by atoms with Crippen LogP contribution in [0.2, 0.25) is 0 Å². The van der Waals surface area contributed by atoms with E-state index < -0.39 is 14.9 Å². The number of carbonyl (C=O) groups is 1. The van der Waals surface area contributed by atoms with E-state index in [0.29, 0.717) is 33.3 Å². The third kappa shape index (κ3) is 4.85. The number of nitro groups is 1. The lowest BCUT2D eigenvalue weighted by Gasteiger charge is -2.15. The number of Topliss-reactive ketones (excluding diaryl/α,β-unsaturated/α-hetero) is 1. The molecule has 8 nitrogen and oxygen atoms in total. The number of nitrogens with zero attached hydrogens (tertiary/aromatic N) is 2. The molecule has 0 aromatic heterocycles. The zero-order valence-electron chi connectivity index (χ0n) is 15.1. The van der Waals surface area contributed by atoms with Crippen molar-refractivity contribution in [3.8, 4) is 0 Å². The number of hydrogen-bond acceptors (Lipinski definition) is 6.